The fourth-order valence-electron chi connectivity index (χ4n) is 1.79. The summed E-state index contributed by atoms with van der Waals surface area (Å²) < 4.78 is 13.5. The van der Waals surface area contributed by atoms with Gasteiger partial charge < -0.3 is 4.90 Å². The van der Waals surface area contributed by atoms with E-state index in [-0.39, 0.29) is 16.9 Å². The van der Waals surface area contributed by atoms with Crippen molar-refractivity contribution in [1.82, 2.24) is 4.90 Å². The fraction of sp³-hybridized carbons (Fsp3) is 0.462. The van der Waals surface area contributed by atoms with Crippen LogP contribution in [0.25, 0.3) is 0 Å². The third-order valence-corrected chi connectivity index (χ3v) is 2.45. The lowest BCUT2D eigenvalue weighted by Crippen LogP contribution is -2.34. The van der Waals surface area contributed by atoms with Gasteiger partial charge in [-0.3, -0.25) is 14.9 Å². The van der Waals surface area contributed by atoms with Crippen LogP contribution in [0.15, 0.2) is 18.2 Å². The Hall–Kier alpha value is -1.98. The van der Waals surface area contributed by atoms with Crippen molar-refractivity contribution in [1.29, 1.82) is 0 Å². The minimum Gasteiger partial charge on any atom is -0.341 e. The molecule has 0 heterocycles. The summed E-state index contributed by atoms with van der Waals surface area (Å²) in [6, 6.07) is 3.18. The molecular weight excluding hydrogens is 251 g/mol. The molecule has 0 spiro atoms. The first-order valence-electron chi connectivity index (χ1n) is 5.81. The van der Waals surface area contributed by atoms with Gasteiger partial charge in [0.15, 0.2) is 0 Å². The summed E-state index contributed by atoms with van der Waals surface area (Å²) in [6.07, 6.45) is 0. The van der Waals surface area contributed by atoms with E-state index in [2.05, 4.69) is 0 Å². The van der Waals surface area contributed by atoms with Crippen molar-refractivity contribution in [2.75, 3.05) is 13.6 Å². The SMILES string of the molecule is CN(CC(C)(C)C)C(=O)c1ccc([N+](=O)[O-])c(F)c1. The zero-order valence-electron chi connectivity index (χ0n) is 11.4. The highest BCUT2D eigenvalue weighted by atomic mass is 19.1. The Balaban J connectivity index is 2.95. The molecule has 1 aromatic rings. The molecule has 1 amide bonds. The molecule has 19 heavy (non-hydrogen) atoms. The van der Waals surface area contributed by atoms with Crippen molar-refractivity contribution in [3.63, 3.8) is 0 Å². The molecule has 6 heteroatoms. The molecule has 0 aliphatic heterocycles. The quantitative estimate of drug-likeness (QED) is 0.625. The fourth-order valence-corrected chi connectivity index (χ4v) is 1.79. The second-order valence-corrected chi connectivity index (χ2v) is 5.65. The number of nitro benzene ring substituents is 1. The monoisotopic (exact) mass is 268 g/mol. The summed E-state index contributed by atoms with van der Waals surface area (Å²) in [5, 5.41) is 10.5. The number of carbonyl (C=O) groups excluding carboxylic acids is 1. The molecule has 1 aromatic carbocycles. The van der Waals surface area contributed by atoms with Gasteiger partial charge in [0.05, 0.1) is 4.92 Å². The van der Waals surface area contributed by atoms with E-state index >= 15 is 0 Å². The summed E-state index contributed by atoms with van der Waals surface area (Å²) in [6.45, 7) is 6.44. The lowest BCUT2D eigenvalue weighted by atomic mass is 9.96. The van der Waals surface area contributed by atoms with Crippen LogP contribution >= 0.6 is 0 Å². The van der Waals surface area contributed by atoms with E-state index in [9.17, 15) is 19.3 Å². The summed E-state index contributed by atoms with van der Waals surface area (Å²) in [4.78, 5) is 23.2. The molecule has 0 aromatic heterocycles. The molecule has 1 rings (SSSR count). The van der Waals surface area contributed by atoms with E-state index in [1.165, 1.54) is 11.0 Å². The largest absolute Gasteiger partial charge is 0.341 e. The normalized spacial score (nSPS) is 11.2. The maximum atomic E-state index is 13.5. The van der Waals surface area contributed by atoms with Gasteiger partial charge in [0, 0.05) is 25.2 Å². The van der Waals surface area contributed by atoms with Crippen LogP contribution in [-0.2, 0) is 0 Å². The van der Waals surface area contributed by atoms with Crippen LogP contribution in [0.3, 0.4) is 0 Å². The van der Waals surface area contributed by atoms with E-state index in [1.54, 1.807) is 7.05 Å². The molecule has 0 N–H and O–H groups in total. The number of amides is 1. The third-order valence-electron chi connectivity index (χ3n) is 2.45. The smallest absolute Gasteiger partial charge is 0.304 e. The van der Waals surface area contributed by atoms with Crippen LogP contribution in [0.2, 0.25) is 0 Å². The Morgan fingerprint density at radius 3 is 2.42 bits per heavy atom. The Morgan fingerprint density at radius 2 is 2.00 bits per heavy atom. The number of rotatable bonds is 3. The molecule has 0 bridgehead atoms. The summed E-state index contributed by atoms with van der Waals surface area (Å²) in [7, 11) is 1.62. The average Bonchev–Trinajstić information content (AvgIpc) is 2.24. The van der Waals surface area contributed by atoms with Crippen molar-refractivity contribution < 1.29 is 14.1 Å². The van der Waals surface area contributed by atoms with E-state index in [4.69, 9.17) is 0 Å². The minimum atomic E-state index is -1.000. The van der Waals surface area contributed by atoms with E-state index in [1.807, 2.05) is 20.8 Å². The number of nitrogens with zero attached hydrogens (tertiary/aromatic N) is 2. The predicted octanol–water partition coefficient (Wildman–Crippen LogP) is 2.85. The lowest BCUT2D eigenvalue weighted by Gasteiger charge is -2.26. The molecular formula is C13H17FN2O3. The first-order chi connectivity index (χ1) is 8.61. The van der Waals surface area contributed by atoms with Crippen molar-refractivity contribution in [3.8, 4) is 0 Å². The zero-order valence-corrected chi connectivity index (χ0v) is 11.4. The van der Waals surface area contributed by atoms with Gasteiger partial charge in [-0.2, -0.15) is 4.39 Å². The molecule has 0 aliphatic carbocycles. The third kappa shape index (κ3) is 4.01. The van der Waals surface area contributed by atoms with Gasteiger partial charge >= 0.3 is 5.69 Å². The van der Waals surface area contributed by atoms with E-state index < -0.39 is 16.4 Å². The first kappa shape index (κ1) is 15.1. The number of hydrogen-bond acceptors (Lipinski definition) is 3. The summed E-state index contributed by atoms with van der Waals surface area (Å²) in [5.41, 5.74) is -0.603. The van der Waals surface area contributed by atoms with Gasteiger partial charge in [-0.15, -0.1) is 0 Å². The summed E-state index contributed by atoms with van der Waals surface area (Å²) in [5.74, 6) is -1.36. The van der Waals surface area contributed by atoms with Crippen LogP contribution in [0.4, 0.5) is 10.1 Å². The molecule has 5 nitrogen and oxygen atoms in total. The van der Waals surface area contributed by atoms with Gasteiger partial charge in [-0.05, 0) is 17.5 Å². The molecule has 0 aliphatic rings. The zero-order chi connectivity index (χ0) is 14.8. The molecule has 0 fully saturated rings. The van der Waals surface area contributed by atoms with Crippen molar-refractivity contribution in [3.05, 3.63) is 39.7 Å². The molecule has 0 unspecified atom stereocenters. The van der Waals surface area contributed by atoms with Crippen LogP contribution in [0.1, 0.15) is 31.1 Å². The Morgan fingerprint density at radius 1 is 1.42 bits per heavy atom. The Labute approximate surface area is 111 Å². The molecule has 104 valence electrons. The van der Waals surface area contributed by atoms with Gasteiger partial charge in [0.2, 0.25) is 5.82 Å². The maximum absolute atomic E-state index is 13.5. The molecule has 0 radical (unpaired) electrons. The van der Waals surface area contributed by atoms with Crippen molar-refractivity contribution >= 4 is 11.6 Å². The molecule has 0 atom stereocenters. The second kappa shape index (κ2) is 5.34. The topological polar surface area (TPSA) is 63.5 Å². The number of nitro groups is 1. The van der Waals surface area contributed by atoms with Crippen LogP contribution in [0.5, 0.6) is 0 Å². The Bertz CT molecular complexity index is 509. The highest BCUT2D eigenvalue weighted by molar-refractivity contribution is 5.94. The second-order valence-electron chi connectivity index (χ2n) is 5.65. The predicted molar refractivity (Wildman–Crippen MR) is 69.5 cm³/mol. The van der Waals surface area contributed by atoms with Crippen molar-refractivity contribution in [2.24, 2.45) is 5.41 Å². The van der Waals surface area contributed by atoms with Gasteiger partial charge in [0.1, 0.15) is 0 Å². The molecule has 0 saturated heterocycles. The Kier molecular flexibility index (Phi) is 4.24. The van der Waals surface area contributed by atoms with Crippen LogP contribution in [-0.4, -0.2) is 29.3 Å². The first-order valence-corrected chi connectivity index (χ1v) is 5.81. The van der Waals surface area contributed by atoms with Crippen LogP contribution in [0, 0.1) is 21.3 Å². The molecule has 0 saturated carbocycles. The van der Waals surface area contributed by atoms with E-state index in [0.717, 1.165) is 12.1 Å². The summed E-state index contributed by atoms with van der Waals surface area (Å²) >= 11 is 0. The average molecular weight is 268 g/mol. The number of benzene rings is 1. The van der Waals surface area contributed by atoms with E-state index in [0.29, 0.717) is 6.54 Å². The number of hydrogen-bond donors (Lipinski definition) is 0. The van der Waals surface area contributed by atoms with Gasteiger partial charge in [-0.1, -0.05) is 20.8 Å². The highest BCUT2D eigenvalue weighted by Gasteiger charge is 2.21. The van der Waals surface area contributed by atoms with Gasteiger partial charge in [0.25, 0.3) is 5.91 Å². The minimum absolute atomic E-state index is 0.0796. The lowest BCUT2D eigenvalue weighted by molar-refractivity contribution is -0.387. The standard InChI is InChI=1S/C13H17FN2O3/c1-13(2,3)8-15(4)12(17)9-5-6-11(16(18)19)10(14)7-9/h5-7H,8H2,1-4H3. The van der Waals surface area contributed by atoms with Gasteiger partial charge in [-0.25, -0.2) is 0 Å². The van der Waals surface area contributed by atoms with Crippen molar-refractivity contribution in [2.45, 2.75) is 20.8 Å². The maximum Gasteiger partial charge on any atom is 0.304 e. The number of halogens is 1. The van der Waals surface area contributed by atoms with Crippen LogP contribution < -0.4 is 0 Å². The number of carbonyl (C=O) groups is 1. The highest BCUT2D eigenvalue weighted by Crippen LogP contribution is 2.20.